The van der Waals surface area contributed by atoms with E-state index in [1.165, 1.54) is 12.8 Å². The van der Waals surface area contributed by atoms with Crippen molar-refractivity contribution >= 4 is 5.91 Å². The fourth-order valence-corrected chi connectivity index (χ4v) is 2.22. The Labute approximate surface area is 103 Å². The second-order valence-electron chi connectivity index (χ2n) is 4.79. The van der Waals surface area contributed by atoms with Crippen LogP contribution in [0.25, 0.3) is 0 Å². The molecule has 0 aliphatic carbocycles. The summed E-state index contributed by atoms with van der Waals surface area (Å²) in [5.74, 6) is 0.622. The minimum absolute atomic E-state index is 0.0410. The Kier molecular flexibility index (Phi) is 4.15. The summed E-state index contributed by atoms with van der Waals surface area (Å²) in [5.41, 5.74) is 1.88. The van der Waals surface area contributed by atoms with Gasteiger partial charge in [-0.3, -0.25) is 4.79 Å². The highest BCUT2D eigenvalue weighted by atomic mass is 16.1. The molecule has 1 aromatic rings. The molecule has 2 N–H and O–H groups in total. The molecular weight excluding hydrogens is 212 g/mol. The number of carbonyl (C=O) groups excluding carboxylic acids is 1. The molecule has 3 heteroatoms. The van der Waals surface area contributed by atoms with Crippen molar-refractivity contribution in [3.05, 3.63) is 35.4 Å². The zero-order chi connectivity index (χ0) is 12.1. The number of benzene rings is 1. The molecule has 0 bridgehead atoms. The number of amides is 1. The van der Waals surface area contributed by atoms with Crippen LogP contribution in [0, 0.1) is 12.8 Å². The molecule has 0 aromatic heterocycles. The van der Waals surface area contributed by atoms with Crippen molar-refractivity contribution in [3.8, 4) is 0 Å². The van der Waals surface area contributed by atoms with Gasteiger partial charge in [0, 0.05) is 12.1 Å². The van der Waals surface area contributed by atoms with Crippen LogP contribution in [0.3, 0.4) is 0 Å². The monoisotopic (exact) mass is 232 g/mol. The van der Waals surface area contributed by atoms with Crippen LogP contribution < -0.4 is 10.6 Å². The van der Waals surface area contributed by atoms with Crippen molar-refractivity contribution in [1.29, 1.82) is 0 Å². The van der Waals surface area contributed by atoms with E-state index < -0.39 is 0 Å². The average molecular weight is 232 g/mol. The van der Waals surface area contributed by atoms with Crippen molar-refractivity contribution in [1.82, 2.24) is 10.6 Å². The normalized spacial score (nSPS) is 19.9. The van der Waals surface area contributed by atoms with Crippen molar-refractivity contribution in [2.24, 2.45) is 5.92 Å². The van der Waals surface area contributed by atoms with E-state index in [0.717, 1.165) is 30.8 Å². The van der Waals surface area contributed by atoms with Gasteiger partial charge in [-0.2, -0.15) is 0 Å². The summed E-state index contributed by atoms with van der Waals surface area (Å²) in [6, 6.07) is 7.71. The molecule has 1 aromatic carbocycles. The molecule has 1 unspecified atom stereocenters. The summed E-state index contributed by atoms with van der Waals surface area (Å²) in [4.78, 5) is 11.9. The van der Waals surface area contributed by atoms with Crippen LogP contribution in [0.5, 0.6) is 0 Å². The van der Waals surface area contributed by atoms with Gasteiger partial charge in [0.15, 0.2) is 0 Å². The molecule has 1 amide bonds. The number of hydrogen-bond acceptors (Lipinski definition) is 2. The molecule has 17 heavy (non-hydrogen) atoms. The second-order valence-corrected chi connectivity index (χ2v) is 4.79. The van der Waals surface area contributed by atoms with Gasteiger partial charge >= 0.3 is 0 Å². The van der Waals surface area contributed by atoms with Gasteiger partial charge in [0.25, 0.3) is 5.91 Å². The topological polar surface area (TPSA) is 41.1 Å². The molecular formula is C14H20N2O. The lowest BCUT2D eigenvalue weighted by atomic mass is 9.99. The lowest BCUT2D eigenvalue weighted by Gasteiger charge is -2.22. The smallest absolute Gasteiger partial charge is 0.251 e. The first kappa shape index (κ1) is 12.1. The number of hydrogen-bond donors (Lipinski definition) is 2. The Morgan fingerprint density at radius 3 is 3.12 bits per heavy atom. The molecule has 1 atom stereocenters. The van der Waals surface area contributed by atoms with E-state index in [4.69, 9.17) is 0 Å². The number of aryl methyl sites for hydroxylation is 1. The number of piperidine rings is 1. The van der Waals surface area contributed by atoms with Crippen molar-refractivity contribution in [2.45, 2.75) is 19.8 Å². The summed E-state index contributed by atoms with van der Waals surface area (Å²) < 4.78 is 0. The van der Waals surface area contributed by atoms with Crippen molar-refractivity contribution in [2.75, 3.05) is 19.6 Å². The summed E-state index contributed by atoms with van der Waals surface area (Å²) in [5, 5.41) is 6.37. The SMILES string of the molecule is Cc1cccc(C(=O)NCC2CCCNC2)c1. The van der Waals surface area contributed by atoms with E-state index in [9.17, 15) is 4.79 Å². The standard InChI is InChI=1S/C14H20N2O/c1-11-4-2-6-13(8-11)14(17)16-10-12-5-3-7-15-9-12/h2,4,6,8,12,15H,3,5,7,9-10H2,1H3,(H,16,17). The highest BCUT2D eigenvalue weighted by molar-refractivity contribution is 5.94. The van der Waals surface area contributed by atoms with Gasteiger partial charge in [-0.15, -0.1) is 0 Å². The van der Waals surface area contributed by atoms with Crippen LogP contribution in [0.4, 0.5) is 0 Å². The molecule has 3 nitrogen and oxygen atoms in total. The number of rotatable bonds is 3. The molecule has 1 heterocycles. The second kappa shape index (κ2) is 5.82. The minimum atomic E-state index is 0.0410. The van der Waals surface area contributed by atoms with Crippen molar-refractivity contribution < 1.29 is 4.79 Å². The van der Waals surface area contributed by atoms with Gasteiger partial charge in [0.2, 0.25) is 0 Å². The Morgan fingerprint density at radius 1 is 1.53 bits per heavy atom. The maximum Gasteiger partial charge on any atom is 0.251 e. The van der Waals surface area contributed by atoms with Crippen LogP contribution in [-0.2, 0) is 0 Å². The predicted molar refractivity (Wildman–Crippen MR) is 69.1 cm³/mol. The zero-order valence-electron chi connectivity index (χ0n) is 10.3. The van der Waals surface area contributed by atoms with Gasteiger partial charge in [-0.25, -0.2) is 0 Å². The van der Waals surface area contributed by atoms with Gasteiger partial charge < -0.3 is 10.6 Å². The van der Waals surface area contributed by atoms with Gasteiger partial charge in [0.05, 0.1) is 0 Å². The largest absolute Gasteiger partial charge is 0.352 e. The Bertz CT molecular complexity index is 384. The van der Waals surface area contributed by atoms with Crippen molar-refractivity contribution in [3.63, 3.8) is 0 Å². The fourth-order valence-electron chi connectivity index (χ4n) is 2.22. The summed E-state index contributed by atoms with van der Waals surface area (Å²) >= 11 is 0. The molecule has 0 spiro atoms. The first-order chi connectivity index (χ1) is 8.25. The fraction of sp³-hybridized carbons (Fsp3) is 0.500. The summed E-state index contributed by atoms with van der Waals surface area (Å²) in [6.45, 7) is 4.91. The number of nitrogens with one attached hydrogen (secondary N) is 2. The van der Waals surface area contributed by atoms with Crippen LogP contribution >= 0.6 is 0 Å². The lowest BCUT2D eigenvalue weighted by molar-refractivity contribution is 0.0944. The quantitative estimate of drug-likeness (QED) is 0.833. The maximum atomic E-state index is 11.9. The highest BCUT2D eigenvalue weighted by Gasteiger charge is 2.14. The minimum Gasteiger partial charge on any atom is -0.352 e. The third kappa shape index (κ3) is 3.56. The van der Waals surface area contributed by atoms with E-state index in [2.05, 4.69) is 10.6 Å². The van der Waals surface area contributed by atoms with Crippen LogP contribution in [-0.4, -0.2) is 25.5 Å². The molecule has 1 fully saturated rings. The number of carbonyl (C=O) groups is 1. The first-order valence-corrected chi connectivity index (χ1v) is 6.31. The molecule has 1 saturated heterocycles. The van der Waals surface area contributed by atoms with E-state index in [-0.39, 0.29) is 5.91 Å². The van der Waals surface area contributed by atoms with E-state index in [1.807, 2.05) is 31.2 Å². The lowest BCUT2D eigenvalue weighted by Crippen LogP contribution is -2.38. The van der Waals surface area contributed by atoms with Crippen LogP contribution in [0.2, 0.25) is 0 Å². The van der Waals surface area contributed by atoms with Crippen LogP contribution in [0.15, 0.2) is 24.3 Å². The highest BCUT2D eigenvalue weighted by Crippen LogP contribution is 2.09. The van der Waals surface area contributed by atoms with E-state index >= 15 is 0 Å². The summed E-state index contributed by atoms with van der Waals surface area (Å²) in [6.07, 6.45) is 2.42. The Morgan fingerprint density at radius 2 is 2.41 bits per heavy atom. The third-order valence-corrected chi connectivity index (χ3v) is 3.23. The average Bonchev–Trinajstić information content (AvgIpc) is 2.37. The first-order valence-electron chi connectivity index (χ1n) is 6.31. The van der Waals surface area contributed by atoms with Gasteiger partial charge in [-0.1, -0.05) is 17.7 Å². The van der Waals surface area contributed by atoms with E-state index in [0.29, 0.717) is 5.92 Å². The Hall–Kier alpha value is -1.35. The van der Waals surface area contributed by atoms with E-state index in [1.54, 1.807) is 0 Å². The Balaban J connectivity index is 1.84. The predicted octanol–water partition coefficient (Wildman–Crippen LogP) is 1.72. The summed E-state index contributed by atoms with van der Waals surface area (Å²) in [7, 11) is 0. The maximum absolute atomic E-state index is 11.9. The zero-order valence-corrected chi connectivity index (χ0v) is 10.3. The molecule has 1 aliphatic rings. The van der Waals surface area contributed by atoms with Crippen LogP contribution in [0.1, 0.15) is 28.8 Å². The molecule has 0 radical (unpaired) electrons. The third-order valence-electron chi connectivity index (χ3n) is 3.23. The van der Waals surface area contributed by atoms with Gasteiger partial charge in [0.1, 0.15) is 0 Å². The van der Waals surface area contributed by atoms with Gasteiger partial charge in [-0.05, 0) is 50.9 Å². The molecule has 2 rings (SSSR count). The molecule has 1 aliphatic heterocycles. The molecule has 92 valence electrons. The molecule has 0 saturated carbocycles.